The van der Waals surface area contributed by atoms with E-state index < -0.39 is 0 Å². The monoisotopic (exact) mass is 345 g/mol. The Hall–Kier alpha value is -1.95. The molecule has 5 nitrogen and oxygen atoms in total. The number of halogens is 1. The van der Waals surface area contributed by atoms with E-state index in [1.54, 1.807) is 11.0 Å². The highest BCUT2D eigenvalue weighted by Crippen LogP contribution is 2.23. The summed E-state index contributed by atoms with van der Waals surface area (Å²) in [5.41, 5.74) is 2.11. The van der Waals surface area contributed by atoms with Crippen LogP contribution >= 0.6 is 15.9 Å². The molecule has 6 heteroatoms. The molecule has 0 saturated carbocycles. The number of nitrogens with zero attached hydrogens (tertiary/aromatic N) is 5. The molecular weight excluding hydrogens is 330 g/mol. The number of alkyl halides is 1. The molecule has 0 bridgehead atoms. The first-order valence-electron chi connectivity index (χ1n) is 6.77. The van der Waals surface area contributed by atoms with E-state index in [0.29, 0.717) is 0 Å². The summed E-state index contributed by atoms with van der Waals surface area (Å²) in [6, 6.07) is 10.4. The van der Waals surface area contributed by atoms with Gasteiger partial charge in [0.1, 0.15) is 12.1 Å². The largest absolute Gasteiger partial charge is 0.351 e. The first kappa shape index (κ1) is 14.0. The van der Waals surface area contributed by atoms with Crippen molar-refractivity contribution in [2.75, 3.05) is 16.8 Å². The maximum absolute atomic E-state index is 4.48. The van der Waals surface area contributed by atoms with Gasteiger partial charge in [0, 0.05) is 25.5 Å². The summed E-state index contributed by atoms with van der Waals surface area (Å²) in [6.45, 7) is 1.68. The Balaban J connectivity index is 1.99. The molecule has 0 aliphatic heterocycles. The number of benzene rings is 1. The average molecular weight is 346 g/mol. The van der Waals surface area contributed by atoms with Gasteiger partial charge in [-0.3, -0.25) is 4.68 Å². The lowest BCUT2D eigenvalue weighted by Crippen LogP contribution is -2.26. The molecule has 0 N–H and O–H groups in total. The lowest BCUT2D eigenvalue weighted by molar-refractivity contribution is 0.784. The second-order valence-corrected chi connectivity index (χ2v) is 5.59. The van der Waals surface area contributed by atoms with Crippen LogP contribution in [0.15, 0.2) is 42.9 Å². The van der Waals surface area contributed by atoms with E-state index in [4.69, 9.17) is 0 Å². The molecule has 21 heavy (non-hydrogen) atoms. The maximum atomic E-state index is 4.48. The van der Waals surface area contributed by atoms with E-state index >= 15 is 0 Å². The fraction of sp³-hybridized carbons (Fsp3) is 0.267. The molecule has 0 spiro atoms. The highest BCUT2D eigenvalue weighted by molar-refractivity contribution is 9.09. The third-order valence-electron chi connectivity index (χ3n) is 3.38. The predicted octanol–water partition coefficient (Wildman–Crippen LogP) is 2.76. The van der Waals surface area contributed by atoms with Crippen molar-refractivity contribution in [1.29, 1.82) is 0 Å². The van der Waals surface area contributed by atoms with Gasteiger partial charge in [-0.05, 0) is 5.56 Å². The molecule has 0 saturated heterocycles. The molecule has 0 amide bonds. The van der Waals surface area contributed by atoms with E-state index in [1.165, 1.54) is 5.56 Å². The van der Waals surface area contributed by atoms with Crippen LogP contribution in [0.25, 0.3) is 11.0 Å². The fourth-order valence-electron chi connectivity index (χ4n) is 2.37. The Morgan fingerprint density at radius 2 is 2.00 bits per heavy atom. The topological polar surface area (TPSA) is 46.8 Å². The minimum absolute atomic E-state index is 0.813. The molecular formula is C15H16BrN5. The van der Waals surface area contributed by atoms with E-state index in [-0.39, 0.29) is 0 Å². The average Bonchev–Trinajstić information content (AvgIpc) is 2.90. The quantitative estimate of drug-likeness (QED) is 0.667. The molecule has 0 aliphatic rings. The molecule has 0 atom stereocenters. The first-order valence-corrected chi connectivity index (χ1v) is 7.89. The zero-order valence-corrected chi connectivity index (χ0v) is 13.4. The van der Waals surface area contributed by atoms with Gasteiger partial charge in [0.05, 0.1) is 11.6 Å². The molecule has 1 aromatic carbocycles. The van der Waals surface area contributed by atoms with Crippen molar-refractivity contribution < 1.29 is 0 Å². The number of rotatable bonds is 5. The molecule has 0 fully saturated rings. The summed E-state index contributed by atoms with van der Waals surface area (Å²) in [4.78, 5) is 11.0. The second kappa shape index (κ2) is 6.22. The summed E-state index contributed by atoms with van der Waals surface area (Å²) in [5, 5.41) is 6.15. The lowest BCUT2D eigenvalue weighted by atomic mass is 10.2. The lowest BCUT2D eigenvalue weighted by Gasteiger charge is -2.23. The van der Waals surface area contributed by atoms with E-state index in [1.807, 2.05) is 19.3 Å². The predicted molar refractivity (Wildman–Crippen MR) is 87.6 cm³/mol. The van der Waals surface area contributed by atoms with Crippen molar-refractivity contribution in [3.8, 4) is 0 Å². The molecule has 3 aromatic rings. The standard InChI is InChI=1S/C15H16BrN5/c1-20-14-13(9-19-20)15(18-11-17-14)21(8-7-16)10-12-5-3-2-4-6-12/h2-6,9,11H,7-8,10H2,1H3. The van der Waals surface area contributed by atoms with Crippen molar-refractivity contribution in [3.05, 3.63) is 48.4 Å². The Bertz CT molecular complexity index is 725. The van der Waals surface area contributed by atoms with E-state index in [9.17, 15) is 0 Å². The molecule has 2 aromatic heterocycles. The summed E-state index contributed by atoms with van der Waals surface area (Å²) in [6.07, 6.45) is 3.43. The van der Waals surface area contributed by atoms with Gasteiger partial charge in [-0.25, -0.2) is 9.97 Å². The fourth-order valence-corrected chi connectivity index (χ4v) is 2.80. The van der Waals surface area contributed by atoms with E-state index in [0.717, 1.165) is 35.3 Å². The van der Waals surface area contributed by atoms with Crippen LogP contribution in [0.3, 0.4) is 0 Å². The molecule has 0 unspecified atom stereocenters. The van der Waals surface area contributed by atoms with Crippen LogP contribution < -0.4 is 4.90 Å². The van der Waals surface area contributed by atoms with E-state index in [2.05, 4.69) is 60.2 Å². The Morgan fingerprint density at radius 3 is 2.76 bits per heavy atom. The number of hydrogen-bond donors (Lipinski definition) is 0. The van der Waals surface area contributed by atoms with Gasteiger partial charge in [-0.1, -0.05) is 46.3 Å². The number of anilines is 1. The SMILES string of the molecule is Cn1ncc2c(N(CCBr)Cc3ccccc3)ncnc21. The summed E-state index contributed by atoms with van der Waals surface area (Å²) in [7, 11) is 1.89. The van der Waals surface area contributed by atoms with Crippen LogP contribution in [0.2, 0.25) is 0 Å². The zero-order chi connectivity index (χ0) is 14.7. The third-order valence-corrected chi connectivity index (χ3v) is 3.73. The number of aryl methyl sites for hydroxylation is 1. The van der Waals surface area contributed by atoms with Gasteiger partial charge >= 0.3 is 0 Å². The number of aromatic nitrogens is 4. The van der Waals surface area contributed by atoms with Gasteiger partial charge < -0.3 is 4.90 Å². The van der Waals surface area contributed by atoms with Crippen LogP contribution in [-0.2, 0) is 13.6 Å². The molecule has 3 rings (SSSR count). The smallest absolute Gasteiger partial charge is 0.163 e. The number of fused-ring (bicyclic) bond motifs is 1. The highest BCUT2D eigenvalue weighted by Gasteiger charge is 2.14. The van der Waals surface area contributed by atoms with Crippen molar-refractivity contribution >= 4 is 32.8 Å². The minimum Gasteiger partial charge on any atom is -0.351 e. The van der Waals surface area contributed by atoms with Gasteiger partial charge in [0.2, 0.25) is 0 Å². The van der Waals surface area contributed by atoms with Gasteiger partial charge in [0.25, 0.3) is 0 Å². The summed E-state index contributed by atoms with van der Waals surface area (Å²) < 4.78 is 1.77. The van der Waals surface area contributed by atoms with Crippen LogP contribution in [0.1, 0.15) is 5.56 Å². The Kier molecular flexibility index (Phi) is 4.15. The van der Waals surface area contributed by atoms with Crippen molar-refractivity contribution in [3.63, 3.8) is 0 Å². The molecule has 2 heterocycles. The van der Waals surface area contributed by atoms with Crippen molar-refractivity contribution in [2.45, 2.75) is 6.54 Å². The zero-order valence-electron chi connectivity index (χ0n) is 11.8. The van der Waals surface area contributed by atoms with Gasteiger partial charge in [-0.2, -0.15) is 5.10 Å². The van der Waals surface area contributed by atoms with Crippen molar-refractivity contribution in [1.82, 2.24) is 19.7 Å². The number of hydrogen-bond acceptors (Lipinski definition) is 4. The normalized spacial score (nSPS) is 11.0. The van der Waals surface area contributed by atoms with Crippen LogP contribution in [0, 0.1) is 0 Å². The first-order chi connectivity index (χ1) is 10.3. The Labute approximate surface area is 131 Å². The molecule has 0 radical (unpaired) electrons. The maximum Gasteiger partial charge on any atom is 0.163 e. The Morgan fingerprint density at radius 1 is 1.19 bits per heavy atom. The van der Waals surface area contributed by atoms with Crippen LogP contribution in [0.5, 0.6) is 0 Å². The van der Waals surface area contributed by atoms with Gasteiger partial charge in [0.15, 0.2) is 5.65 Å². The van der Waals surface area contributed by atoms with Gasteiger partial charge in [-0.15, -0.1) is 0 Å². The second-order valence-electron chi connectivity index (χ2n) is 4.80. The molecule has 0 aliphatic carbocycles. The molecule has 108 valence electrons. The van der Waals surface area contributed by atoms with Crippen LogP contribution in [0.4, 0.5) is 5.82 Å². The summed E-state index contributed by atoms with van der Waals surface area (Å²) in [5.74, 6) is 0.927. The third kappa shape index (κ3) is 2.90. The summed E-state index contributed by atoms with van der Waals surface area (Å²) >= 11 is 3.52. The highest BCUT2D eigenvalue weighted by atomic mass is 79.9. The van der Waals surface area contributed by atoms with Crippen molar-refractivity contribution in [2.24, 2.45) is 7.05 Å². The minimum atomic E-state index is 0.813. The van der Waals surface area contributed by atoms with Crippen LogP contribution in [-0.4, -0.2) is 31.6 Å².